The Hall–Kier alpha value is -2.70. The standard InChI is InChI=1S/C25H30N4O2/c1-28-14-13-27-24(28)25(30)20-8-6-9-21(25)17-29(16-20)15-19-7-2-3-11-23(19)31-18-22-10-4-5-12-26-22/h2-5,7,10-14,20-21,30H,6,8-9,15-18H2,1H3. The highest BCUT2D eigenvalue weighted by Crippen LogP contribution is 2.48. The van der Waals surface area contributed by atoms with Gasteiger partial charge in [-0.15, -0.1) is 0 Å². The van der Waals surface area contributed by atoms with Gasteiger partial charge in [0.05, 0.1) is 5.69 Å². The molecule has 1 aliphatic carbocycles. The minimum Gasteiger partial charge on any atom is -0.487 e. The first-order valence-electron chi connectivity index (χ1n) is 11.2. The molecule has 2 atom stereocenters. The molecule has 1 aliphatic heterocycles. The van der Waals surface area contributed by atoms with Crippen molar-refractivity contribution in [1.82, 2.24) is 19.4 Å². The van der Waals surface area contributed by atoms with Crippen LogP contribution in [0, 0.1) is 11.8 Å². The lowest BCUT2D eigenvalue weighted by atomic mass is 9.65. The van der Waals surface area contributed by atoms with Gasteiger partial charge >= 0.3 is 0 Å². The fraction of sp³-hybridized carbons (Fsp3) is 0.440. The Labute approximate surface area is 183 Å². The number of fused-ring (bicyclic) bond motifs is 2. The number of hydrogen-bond donors (Lipinski definition) is 1. The third-order valence-corrected chi connectivity index (χ3v) is 6.95. The van der Waals surface area contributed by atoms with Crippen LogP contribution in [0.15, 0.2) is 61.1 Å². The summed E-state index contributed by atoms with van der Waals surface area (Å²) in [5.41, 5.74) is 1.27. The fourth-order valence-electron chi connectivity index (χ4n) is 5.44. The molecule has 1 saturated heterocycles. The van der Waals surface area contributed by atoms with Crippen LogP contribution in [0.2, 0.25) is 0 Å². The molecule has 0 spiro atoms. The monoisotopic (exact) mass is 418 g/mol. The van der Waals surface area contributed by atoms with Crippen LogP contribution in [-0.4, -0.2) is 37.6 Å². The minimum absolute atomic E-state index is 0.197. The van der Waals surface area contributed by atoms with Crippen LogP contribution in [-0.2, 0) is 25.8 Å². The first kappa shape index (κ1) is 20.2. The minimum atomic E-state index is -0.831. The van der Waals surface area contributed by atoms with Gasteiger partial charge < -0.3 is 14.4 Å². The Morgan fingerprint density at radius 3 is 2.52 bits per heavy atom. The summed E-state index contributed by atoms with van der Waals surface area (Å²) in [5, 5.41) is 11.8. The quantitative estimate of drug-likeness (QED) is 0.664. The maximum Gasteiger partial charge on any atom is 0.141 e. The molecule has 1 saturated carbocycles. The number of pyridine rings is 1. The Morgan fingerprint density at radius 2 is 1.81 bits per heavy atom. The highest BCUT2D eigenvalue weighted by atomic mass is 16.5. The van der Waals surface area contributed by atoms with Gasteiger partial charge in [0.15, 0.2) is 0 Å². The number of aliphatic hydroxyl groups is 1. The van der Waals surface area contributed by atoms with Gasteiger partial charge in [-0.1, -0.05) is 30.7 Å². The molecule has 5 rings (SSSR count). The molecule has 6 heteroatoms. The summed E-state index contributed by atoms with van der Waals surface area (Å²) in [6.45, 7) is 3.02. The fourth-order valence-corrected chi connectivity index (χ4v) is 5.44. The van der Waals surface area contributed by atoms with Crippen molar-refractivity contribution in [1.29, 1.82) is 0 Å². The number of benzene rings is 1. The van der Waals surface area contributed by atoms with Crippen LogP contribution >= 0.6 is 0 Å². The molecule has 2 aliphatic rings. The van der Waals surface area contributed by atoms with Crippen molar-refractivity contribution >= 4 is 0 Å². The van der Waals surface area contributed by atoms with Crippen LogP contribution in [0.25, 0.3) is 0 Å². The van der Waals surface area contributed by atoms with E-state index in [4.69, 9.17) is 4.74 Å². The molecule has 0 amide bonds. The van der Waals surface area contributed by atoms with Crippen LogP contribution < -0.4 is 4.74 Å². The molecule has 31 heavy (non-hydrogen) atoms. The van der Waals surface area contributed by atoms with Crippen LogP contribution in [0.3, 0.4) is 0 Å². The molecule has 1 N–H and O–H groups in total. The summed E-state index contributed by atoms with van der Waals surface area (Å²) in [4.78, 5) is 11.4. The zero-order chi connectivity index (χ0) is 21.3. The number of hydrogen-bond acceptors (Lipinski definition) is 5. The predicted octanol–water partition coefficient (Wildman–Crippen LogP) is 3.51. The lowest BCUT2D eigenvalue weighted by molar-refractivity contribution is -0.155. The highest BCUT2D eigenvalue weighted by Gasteiger charge is 2.53. The second-order valence-electron chi connectivity index (χ2n) is 8.92. The smallest absolute Gasteiger partial charge is 0.141 e. The van der Waals surface area contributed by atoms with Crippen LogP contribution in [0.1, 0.15) is 36.3 Å². The third-order valence-electron chi connectivity index (χ3n) is 6.95. The highest BCUT2D eigenvalue weighted by molar-refractivity contribution is 5.33. The lowest BCUT2D eigenvalue weighted by Gasteiger charge is -2.52. The van der Waals surface area contributed by atoms with E-state index in [9.17, 15) is 5.11 Å². The molecule has 162 valence electrons. The van der Waals surface area contributed by atoms with Gasteiger partial charge in [-0.2, -0.15) is 0 Å². The summed E-state index contributed by atoms with van der Waals surface area (Å²) < 4.78 is 8.11. The molecule has 2 unspecified atom stereocenters. The summed E-state index contributed by atoms with van der Waals surface area (Å²) in [7, 11) is 1.98. The molecule has 2 fully saturated rings. The van der Waals surface area contributed by atoms with E-state index in [0.717, 1.165) is 49.7 Å². The van der Waals surface area contributed by atoms with Crippen molar-refractivity contribution in [2.75, 3.05) is 13.1 Å². The van der Waals surface area contributed by atoms with E-state index >= 15 is 0 Å². The zero-order valence-corrected chi connectivity index (χ0v) is 18.0. The second kappa shape index (κ2) is 8.44. The van der Waals surface area contributed by atoms with Crippen molar-refractivity contribution in [3.63, 3.8) is 0 Å². The lowest BCUT2D eigenvalue weighted by Crippen LogP contribution is -2.58. The number of aryl methyl sites for hydroxylation is 1. The molecular weight excluding hydrogens is 388 g/mol. The van der Waals surface area contributed by atoms with E-state index in [0.29, 0.717) is 6.61 Å². The Morgan fingerprint density at radius 1 is 1.03 bits per heavy atom. The van der Waals surface area contributed by atoms with Gasteiger partial charge in [0.25, 0.3) is 0 Å². The molecular formula is C25H30N4O2. The van der Waals surface area contributed by atoms with Gasteiger partial charge in [0.1, 0.15) is 23.8 Å². The second-order valence-corrected chi connectivity index (χ2v) is 8.92. The number of ether oxygens (including phenoxy) is 1. The zero-order valence-electron chi connectivity index (χ0n) is 18.0. The first-order chi connectivity index (χ1) is 15.1. The van der Waals surface area contributed by atoms with Crippen LogP contribution in [0.4, 0.5) is 0 Å². The van der Waals surface area contributed by atoms with Crippen molar-refractivity contribution in [3.05, 3.63) is 78.1 Å². The third kappa shape index (κ3) is 3.86. The van der Waals surface area contributed by atoms with Gasteiger partial charge in [0.2, 0.25) is 0 Å². The molecule has 2 bridgehead atoms. The maximum atomic E-state index is 11.8. The SMILES string of the molecule is Cn1ccnc1C1(O)C2CCCC1CN(Cc1ccccc1OCc1ccccn1)C2. The number of aromatic nitrogens is 3. The van der Waals surface area contributed by atoms with Gasteiger partial charge in [-0.3, -0.25) is 9.88 Å². The van der Waals surface area contributed by atoms with E-state index in [1.54, 1.807) is 12.4 Å². The van der Waals surface area contributed by atoms with Crippen LogP contribution in [0.5, 0.6) is 5.75 Å². The topological polar surface area (TPSA) is 63.4 Å². The normalized spacial score (nSPS) is 26.0. The number of para-hydroxylation sites is 1. The largest absolute Gasteiger partial charge is 0.487 e. The van der Waals surface area contributed by atoms with E-state index in [1.807, 2.05) is 48.1 Å². The van der Waals surface area contributed by atoms with Gasteiger partial charge in [-0.05, 0) is 31.0 Å². The number of imidazole rings is 1. The van der Waals surface area contributed by atoms with Crippen molar-refractivity contribution < 1.29 is 9.84 Å². The number of piperidine rings is 1. The number of likely N-dealkylation sites (tertiary alicyclic amines) is 1. The summed E-state index contributed by atoms with van der Waals surface area (Å²) in [6.07, 6.45) is 8.77. The summed E-state index contributed by atoms with van der Waals surface area (Å²) in [6, 6.07) is 14.1. The Balaban J connectivity index is 1.32. The van der Waals surface area contributed by atoms with E-state index < -0.39 is 5.60 Å². The average molecular weight is 419 g/mol. The predicted molar refractivity (Wildman–Crippen MR) is 118 cm³/mol. The molecule has 2 aromatic heterocycles. The van der Waals surface area contributed by atoms with E-state index in [1.165, 1.54) is 12.0 Å². The van der Waals surface area contributed by atoms with Crippen molar-refractivity contribution in [2.24, 2.45) is 18.9 Å². The van der Waals surface area contributed by atoms with Gasteiger partial charge in [-0.25, -0.2) is 4.98 Å². The summed E-state index contributed by atoms with van der Waals surface area (Å²) in [5.74, 6) is 2.12. The van der Waals surface area contributed by atoms with Gasteiger partial charge in [0, 0.05) is 62.7 Å². The number of rotatable bonds is 6. The maximum absolute atomic E-state index is 11.8. The van der Waals surface area contributed by atoms with Crippen molar-refractivity contribution in [2.45, 2.75) is 38.0 Å². The van der Waals surface area contributed by atoms with E-state index in [2.05, 4.69) is 27.0 Å². The number of nitrogens with zero attached hydrogens (tertiary/aromatic N) is 4. The molecule has 0 radical (unpaired) electrons. The summed E-state index contributed by atoms with van der Waals surface area (Å²) >= 11 is 0. The average Bonchev–Trinajstić information content (AvgIpc) is 3.21. The molecule has 3 aromatic rings. The molecule has 3 heterocycles. The first-order valence-corrected chi connectivity index (χ1v) is 11.2. The Kier molecular flexibility index (Phi) is 5.50. The van der Waals surface area contributed by atoms with Crippen molar-refractivity contribution in [3.8, 4) is 5.75 Å². The molecule has 1 aromatic carbocycles. The van der Waals surface area contributed by atoms with E-state index in [-0.39, 0.29) is 11.8 Å². The molecule has 6 nitrogen and oxygen atoms in total. The Bertz CT molecular complexity index is 1010.